The molecular formula is C40H57NO11SSi-. The van der Waals surface area contributed by atoms with Crippen LogP contribution in [0, 0.1) is 36.5 Å². The van der Waals surface area contributed by atoms with E-state index in [0.717, 1.165) is 33.2 Å². The van der Waals surface area contributed by atoms with E-state index in [2.05, 4.69) is 26.8 Å². The number of aromatic nitrogens is 1. The summed E-state index contributed by atoms with van der Waals surface area (Å²) in [6.07, 6.45) is 5.33. The highest BCUT2D eigenvalue weighted by atomic mass is 32.2. The molecule has 14 heteroatoms. The van der Waals surface area contributed by atoms with Gasteiger partial charge in [0.1, 0.15) is 24.0 Å². The molecule has 3 aliphatic rings. The van der Waals surface area contributed by atoms with Gasteiger partial charge in [0.25, 0.3) is 10.0 Å². The van der Waals surface area contributed by atoms with Crippen LogP contribution in [0.15, 0.2) is 71.3 Å². The number of fused-ring (bicyclic) bond motifs is 1. The summed E-state index contributed by atoms with van der Waals surface area (Å²) in [6.45, 7) is 12.0. The molecule has 1 fully saturated rings. The Labute approximate surface area is 321 Å². The normalized spacial score (nSPS) is 30.0. The molecule has 2 aromatic rings. The van der Waals surface area contributed by atoms with Crippen molar-refractivity contribution in [3.05, 3.63) is 77.7 Å². The predicted molar refractivity (Wildman–Crippen MR) is 205 cm³/mol. The van der Waals surface area contributed by atoms with E-state index < -0.39 is 71.9 Å². The minimum Gasteiger partial charge on any atom is -0.558 e. The first-order chi connectivity index (χ1) is 25.8. The number of methoxy groups -OCH3 is 2. The molecular weight excluding hydrogens is 731 g/mol. The van der Waals surface area contributed by atoms with Gasteiger partial charge in [-0.2, -0.15) is 0 Å². The van der Waals surface area contributed by atoms with E-state index >= 15 is 0 Å². The highest BCUT2D eigenvalue weighted by Crippen LogP contribution is 2.56. The smallest absolute Gasteiger partial charge is 0.356 e. The third-order valence-electron chi connectivity index (χ3n) is 11.9. The molecule has 0 radical (unpaired) electrons. The van der Waals surface area contributed by atoms with Crippen molar-refractivity contribution in [1.29, 1.82) is 0 Å². The van der Waals surface area contributed by atoms with Crippen molar-refractivity contribution in [2.45, 2.75) is 88.5 Å². The maximum atomic E-state index is 14.4. The van der Waals surface area contributed by atoms with Gasteiger partial charge >= 0.3 is 11.9 Å². The number of esters is 2. The third-order valence-corrected chi connectivity index (χ3v) is 18.3. The van der Waals surface area contributed by atoms with Gasteiger partial charge in [-0.25, -0.2) is 17.2 Å². The first kappa shape index (κ1) is 42.0. The molecule has 1 aromatic carbocycles. The van der Waals surface area contributed by atoms with E-state index in [1.165, 1.54) is 37.6 Å². The number of nitrogens with zero attached hydrogens (tertiary/aromatic N) is 1. The Morgan fingerprint density at radius 1 is 1.02 bits per heavy atom. The van der Waals surface area contributed by atoms with Crippen LogP contribution < -0.4 is 0 Å². The van der Waals surface area contributed by atoms with Crippen LogP contribution >= 0.6 is 0 Å². The van der Waals surface area contributed by atoms with Crippen LogP contribution in [0.4, 0.5) is 0 Å². The lowest BCUT2D eigenvalue weighted by Gasteiger charge is -2.47. The Morgan fingerprint density at radius 3 is 2.31 bits per heavy atom. The van der Waals surface area contributed by atoms with Gasteiger partial charge in [-0.1, -0.05) is 63.6 Å². The largest absolute Gasteiger partial charge is 0.558 e. The van der Waals surface area contributed by atoms with E-state index in [1.54, 1.807) is 19.2 Å². The fourth-order valence-corrected chi connectivity index (χ4v) is 12.9. The van der Waals surface area contributed by atoms with Gasteiger partial charge < -0.3 is 33.2 Å². The minimum atomic E-state index is -4.08. The highest BCUT2D eigenvalue weighted by Gasteiger charge is 2.63. The molecule has 1 N–H and O–H groups in total. The lowest BCUT2D eigenvalue weighted by Crippen LogP contribution is -2.53. The van der Waals surface area contributed by atoms with Crippen LogP contribution in [-0.2, 0) is 42.9 Å². The zero-order valence-corrected chi connectivity index (χ0v) is 34.5. The molecule has 1 saturated heterocycles. The van der Waals surface area contributed by atoms with Crippen LogP contribution in [0.5, 0.6) is 0 Å². The Balaban J connectivity index is 1.47. The zero-order valence-electron chi connectivity index (χ0n) is 32.7. The third kappa shape index (κ3) is 7.80. The summed E-state index contributed by atoms with van der Waals surface area (Å²) in [6, 6.07) is 12.0. The molecule has 54 heavy (non-hydrogen) atoms. The van der Waals surface area contributed by atoms with Crippen molar-refractivity contribution in [3.8, 4) is 0 Å². The SMILES string of the molecule is CC[Si-](CC)(CC)O[C@H](COC)C1OC(=O)[C@H](COC)[C@H]2C=C[C@H]3[C@H](COC(=O)c4cccn4S(=O)(=O)c4ccc(C)cc4)OC2(/C(C)=C/C1C)[C@@H]3CO. The molecule has 2 bridgehead atoms. The van der Waals surface area contributed by atoms with E-state index in [4.69, 9.17) is 28.1 Å². The van der Waals surface area contributed by atoms with Gasteiger partial charge in [0, 0.05) is 50.7 Å². The molecule has 0 saturated carbocycles. The average molecular weight is 788 g/mol. The number of ether oxygens (including phenoxy) is 5. The summed E-state index contributed by atoms with van der Waals surface area (Å²) < 4.78 is 65.3. The lowest BCUT2D eigenvalue weighted by molar-refractivity contribution is -0.172. The fourth-order valence-electron chi connectivity index (χ4n) is 8.75. The molecule has 3 heterocycles. The number of cyclic esters (lactones) is 1. The highest BCUT2D eigenvalue weighted by molar-refractivity contribution is 7.90. The Hall–Kier alpha value is -3.11. The summed E-state index contributed by atoms with van der Waals surface area (Å²) in [5.41, 5.74) is 0.387. The van der Waals surface area contributed by atoms with Gasteiger partial charge in [0.2, 0.25) is 0 Å². The van der Waals surface area contributed by atoms with Crippen molar-refractivity contribution >= 4 is 30.3 Å². The zero-order chi connectivity index (χ0) is 39.4. The summed E-state index contributed by atoms with van der Waals surface area (Å²) in [7, 11) is -3.08. The molecule has 1 aliphatic carbocycles. The first-order valence-electron chi connectivity index (χ1n) is 19.0. The Bertz CT molecular complexity index is 1780. The topological polar surface area (TPSA) is 149 Å². The molecule has 0 amide bonds. The number of carbonyl (C=O) groups is 2. The molecule has 3 unspecified atom stereocenters. The van der Waals surface area contributed by atoms with E-state index in [1.807, 2.05) is 32.9 Å². The summed E-state index contributed by atoms with van der Waals surface area (Å²) >= 11 is 0. The maximum Gasteiger partial charge on any atom is 0.356 e. The van der Waals surface area contributed by atoms with Crippen molar-refractivity contribution in [3.63, 3.8) is 0 Å². The van der Waals surface area contributed by atoms with Crippen LogP contribution in [0.2, 0.25) is 18.1 Å². The standard InChI is InChI=1S/C40H57NO11SSi/c1-9-54(10-2,11-3)52-36(24-48-8)37-27(5)21-28(6)40-32(31(23-47-7)38(43)50-37)19-18-30(33(40)22-42)35(51-40)25-49-39(44)34-13-12-20-41(34)53(45,46)29-16-14-26(4)15-17-29/h12-21,27,30-33,35-37,42H,9-11,22-25H2,1-8H3/q-1/b28-21+/t27?,30-,31-,32-,33-,35+,36-,37?,40?/m1/s1. The molecule has 2 aliphatic heterocycles. The van der Waals surface area contributed by atoms with Crippen LogP contribution in [0.3, 0.4) is 0 Å². The summed E-state index contributed by atoms with van der Waals surface area (Å²) in [4.78, 5) is 27.9. The maximum absolute atomic E-state index is 14.4. The number of aryl methyl sites for hydroxylation is 1. The van der Waals surface area contributed by atoms with Gasteiger partial charge in [0.05, 0.1) is 36.2 Å². The number of aliphatic hydroxyl groups is 1. The first-order valence-corrected chi connectivity index (χ1v) is 22.9. The molecule has 1 aromatic heterocycles. The monoisotopic (exact) mass is 787 g/mol. The summed E-state index contributed by atoms with van der Waals surface area (Å²) in [5, 5.41) is 11.0. The van der Waals surface area contributed by atoms with Gasteiger partial charge in [-0.15, -0.1) is 18.1 Å². The average Bonchev–Trinajstić information content (AvgIpc) is 3.75. The Kier molecular flexibility index (Phi) is 13.5. The van der Waals surface area contributed by atoms with Gasteiger partial charge in [-0.3, -0.25) is 4.79 Å². The number of hydrogen-bond donors (Lipinski definition) is 1. The molecule has 5 rings (SSSR count). The number of hydrogen-bond acceptors (Lipinski definition) is 11. The van der Waals surface area contributed by atoms with E-state index in [9.17, 15) is 23.1 Å². The second-order valence-corrected chi connectivity index (χ2v) is 21.4. The van der Waals surface area contributed by atoms with Crippen LogP contribution in [0.1, 0.15) is 50.7 Å². The van der Waals surface area contributed by atoms with Crippen LogP contribution in [0.25, 0.3) is 0 Å². The van der Waals surface area contributed by atoms with Crippen molar-refractivity contribution < 1.29 is 51.2 Å². The fraction of sp³-hybridized carbons (Fsp3) is 0.600. The second kappa shape index (κ2) is 17.4. The second-order valence-electron chi connectivity index (χ2n) is 14.9. The van der Waals surface area contributed by atoms with Gasteiger partial charge in [-0.05, 0) is 52.0 Å². The molecule has 1 spiro atoms. The lowest BCUT2D eigenvalue weighted by atomic mass is 9.62. The minimum absolute atomic E-state index is 0.0373. The van der Waals surface area contributed by atoms with Crippen LogP contribution in [-0.4, -0.2) is 102 Å². The molecule has 299 valence electrons. The van der Waals surface area contributed by atoms with Crippen molar-refractivity contribution in [2.75, 3.05) is 40.6 Å². The van der Waals surface area contributed by atoms with E-state index in [0.29, 0.717) is 0 Å². The van der Waals surface area contributed by atoms with E-state index in [-0.39, 0.29) is 48.9 Å². The predicted octanol–water partition coefficient (Wildman–Crippen LogP) is 5.55. The van der Waals surface area contributed by atoms with Crippen molar-refractivity contribution in [1.82, 2.24) is 3.97 Å². The molecule has 12 nitrogen and oxygen atoms in total. The molecule has 9 atom stereocenters. The van der Waals surface area contributed by atoms with Crippen molar-refractivity contribution in [2.24, 2.45) is 29.6 Å². The quantitative estimate of drug-likeness (QED) is 0.130. The van der Waals surface area contributed by atoms with Gasteiger partial charge in [0.15, 0.2) is 0 Å². The Morgan fingerprint density at radius 2 is 1.70 bits per heavy atom. The number of rotatable bonds is 16. The number of aliphatic hydroxyl groups excluding tert-OH is 1. The number of benzene rings is 1. The summed E-state index contributed by atoms with van der Waals surface area (Å²) in [5.74, 6) is -3.90. The number of carbonyl (C=O) groups excluding carboxylic acids is 2.